The fraction of sp³-hybridized carbons (Fsp3) is 0.417. The molecule has 2 rings (SSSR count). The molecule has 1 N–H and O–H groups in total. The Morgan fingerprint density at radius 3 is 2.72 bits per heavy atom. The topological polar surface area (TPSA) is 72.8 Å². The van der Waals surface area contributed by atoms with Gasteiger partial charge in [0.25, 0.3) is 0 Å². The van der Waals surface area contributed by atoms with Gasteiger partial charge in [0.05, 0.1) is 10.8 Å². The largest absolute Gasteiger partial charge is 0.486 e. The number of hydrogen-bond donors (Lipinski definition) is 1. The van der Waals surface area contributed by atoms with Crippen LogP contribution in [0.4, 0.5) is 0 Å². The summed E-state index contributed by atoms with van der Waals surface area (Å²) < 4.78 is 22.7. The maximum absolute atomic E-state index is 11.9. The van der Waals surface area contributed by atoms with Gasteiger partial charge in [-0.1, -0.05) is 0 Å². The zero-order valence-electron chi connectivity index (χ0n) is 9.76. The van der Waals surface area contributed by atoms with Crippen molar-refractivity contribution in [2.75, 3.05) is 19.0 Å². The number of aliphatic carboxylic acids is 1. The van der Waals surface area contributed by atoms with E-state index in [9.17, 15) is 9.00 Å². The predicted octanol–water partition coefficient (Wildman–Crippen LogP) is 1.43. The molecule has 0 spiro atoms. The van der Waals surface area contributed by atoms with Gasteiger partial charge in [-0.05, 0) is 18.6 Å². The fourth-order valence-electron chi connectivity index (χ4n) is 1.64. The first-order valence-electron chi connectivity index (χ1n) is 5.66. The van der Waals surface area contributed by atoms with E-state index in [1.807, 2.05) is 0 Å². The molecule has 1 unspecified atom stereocenters. The molecule has 98 valence electrons. The molecule has 18 heavy (non-hydrogen) atoms. The first-order chi connectivity index (χ1) is 8.66. The van der Waals surface area contributed by atoms with Gasteiger partial charge >= 0.3 is 5.97 Å². The van der Waals surface area contributed by atoms with Crippen LogP contribution in [0, 0.1) is 0 Å². The number of rotatable bonds is 5. The van der Waals surface area contributed by atoms with Crippen molar-refractivity contribution in [2.45, 2.75) is 17.7 Å². The van der Waals surface area contributed by atoms with Crippen LogP contribution in [-0.4, -0.2) is 34.3 Å². The Kier molecular flexibility index (Phi) is 4.19. The second kappa shape index (κ2) is 5.86. The number of fused-ring (bicyclic) bond motifs is 1. The van der Waals surface area contributed by atoms with E-state index in [2.05, 4.69) is 0 Å². The van der Waals surface area contributed by atoms with Crippen LogP contribution in [0.25, 0.3) is 0 Å². The number of carbonyl (C=O) groups is 1. The summed E-state index contributed by atoms with van der Waals surface area (Å²) in [6.45, 7) is 1.01. The van der Waals surface area contributed by atoms with Gasteiger partial charge in [0.1, 0.15) is 13.2 Å². The lowest BCUT2D eigenvalue weighted by atomic mass is 10.3. The van der Waals surface area contributed by atoms with Gasteiger partial charge in [-0.2, -0.15) is 0 Å². The average Bonchev–Trinajstić information content (AvgIpc) is 2.37. The fourth-order valence-corrected chi connectivity index (χ4v) is 2.74. The highest BCUT2D eigenvalue weighted by atomic mass is 32.2. The number of hydrogen-bond acceptors (Lipinski definition) is 4. The molecule has 0 fully saturated rings. The SMILES string of the molecule is O=C(O)CCCS(=O)c1ccc2c(c1)OCCO2. The molecule has 0 aliphatic carbocycles. The second-order valence-corrected chi connectivity index (χ2v) is 5.42. The Labute approximate surface area is 107 Å². The van der Waals surface area contributed by atoms with Gasteiger partial charge in [0, 0.05) is 23.1 Å². The van der Waals surface area contributed by atoms with E-state index >= 15 is 0 Å². The van der Waals surface area contributed by atoms with Crippen molar-refractivity contribution < 1.29 is 23.6 Å². The highest BCUT2D eigenvalue weighted by Gasteiger charge is 2.14. The first kappa shape index (κ1) is 12.9. The summed E-state index contributed by atoms with van der Waals surface area (Å²) in [6, 6.07) is 5.16. The molecular formula is C12H14O5S. The Morgan fingerprint density at radius 1 is 1.28 bits per heavy atom. The summed E-state index contributed by atoms with van der Waals surface area (Å²) in [5.41, 5.74) is 0. The molecule has 6 heteroatoms. The first-order valence-corrected chi connectivity index (χ1v) is 6.98. The van der Waals surface area contributed by atoms with Crippen molar-refractivity contribution in [2.24, 2.45) is 0 Å². The average molecular weight is 270 g/mol. The number of carboxylic acid groups (broad SMARTS) is 1. The third-order valence-corrected chi connectivity index (χ3v) is 3.94. The van der Waals surface area contributed by atoms with E-state index in [1.165, 1.54) is 0 Å². The van der Waals surface area contributed by atoms with E-state index in [0.717, 1.165) is 0 Å². The lowest BCUT2D eigenvalue weighted by molar-refractivity contribution is -0.137. The molecule has 0 aromatic heterocycles. The van der Waals surface area contributed by atoms with Gasteiger partial charge in [-0.25, -0.2) is 0 Å². The van der Waals surface area contributed by atoms with Crippen molar-refractivity contribution in [1.82, 2.24) is 0 Å². The molecule has 1 aliphatic rings. The molecule has 0 radical (unpaired) electrons. The maximum Gasteiger partial charge on any atom is 0.303 e. The molecule has 5 nitrogen and oxygen atoms in total. The zero-order valence-corrected chi connectivity index (χ0v) is 10.6. The summed E-state index contributed by atoms with van der Waals surface area (Å²) >= 11 is 0. The van der Waals surface area contributed by atoms with Crippen molar-refractivity contribution in [1.29, 1.82) is 0 Å². The quantitative estimate of drug-likeness (QED) is 0.876. The summed E-state index contributed by atoms with van der Waals surface area (Å²) in [6.07, 6.45) is 0.437. The third kappa shape index (κ3) is 3.22. The molecule has 0 amide bonds. The number of ether oxygens (including phenoxy) is 2. The smallest absolute Gasteiger partial charge is 0.303 e. The zero-order chi connectivity index (χ0) is 13.0. The predicted molar refractivity (Wildman–Crippen MR) is 65.6 cm³/mol. The molecular weight excluding hydrogens is 256 g/mol. The van der Waals surface area contributed by atoms with E-state index in [0.29, 0.717) is 41.8 Å². The highest BCUT2D eigenvalue weighted by molar-refractivity contribution is 7.85. The number of benzene rings is 1. The monoisotopic (exact) mass is 270 g/mol. The molecule has 0 saturated heterocycles. The van der Waals surface area contributed by atoms with E-state index < -0.39 is 16.8 Å². The molecule has 1 aromatic carbocycles. The lowest BCUT2D eigenvalue weighted by Crippen LogP contribution is -2.15. The van der Waals surface area contributed by atoms with Gasteiger partial charge in [-0.3, -0.25) is 9.00 Å². The van der Waals surface area contributed by atoms with Crippen LogP contribution in [0.5, 0.6) is 11.5 Å². The lowest BCUT2D eigenvalue weighted by Gasteiger charge is -2.18. The Morgan fingerprint density at radius 2 is 2.00 bits per heavy atom. The van der Waals surface area contributed by atoms with Crippen LogP contribution in [0.3, 0.4) is 0 Å². The van der Waals surface area contributed by atoms with E-state index in [4.69, 9.17) is 14.6 Å². The minimum atomic E-state index is -1.20. The number of carboxylic acids is 1. The van der Waals surface area contributed by atoms with Crippen LogP contribution < -0.4 is 9.47 Å². The Bertz CT molecular complexity index is 472. The van der Waals surface area contributed by atoms with Crippen molar-refractivity contribution >= 4 is 16.8 Å². The van der Waals surface area contributed by atoms with Gasteiger partial charge in [0.15, 0.2) is 11.5 Å². The molecule has 1 aliphatic heterocycles. The van der Waals surface area contributed by atoms with Gasteiger partial charge in [-0.15, -0.1) is 0 Å². The van der Waals surface area contributed by atoms with E-state index in [-0.39, 0.29) is 6.42 Å². The van der Waals surface area contributed by atoms with Gasteiger partial charge < -0.3 is 14.6 Å². The highest BCUT2D eigenvalue weighted by Crippen LogP contribution is 2.31. The maximum atomic E-state index is 11.9. The summed E-state index contributed by atoms with van der Waals surface area (Å²) in [7, 11) is -1.20. The van der Waals surface area contributed by atoms with Crippen LogP contribution in [0.1, 0.15) is 12.8 Å². The Hall–Kier alpha value is -1.56. The summed E-state index contributed by atoms with van der Waals surface area (Å²) in [4.78, 5) is 11.0. The van der Waals surface area contributed by atoms with E-state index in [1.54, 1.807) is 18.2 Å². The normalized spacial score (nSPS) is 15.1. The Balaban J connectivity index is 2.00. The minimum absolute atomic E-state index is 0.0380. The minimum Gasteiger partial charge on any atom is -0.486 e. The summed E-state index contributed by atoms with van der Waals surface area (Å²) in [5, 5.41) is 8.52. The van der Waals surface area contributed by atoms with Crippen molar-refractivity contribution in [3.63, 3.8) is 0 Å². The molecule has 1 heterocycles. The van der Waals surface area contributed by atoms with Crippen molar-refractivity contribution in [3.05, 3.63) is 18.2 Å². The third-order valence-electron chi connectivity index (χ3n) is 2.50. The standard InChI is InChI=1S/C12H14O5S/c13-12(14)2-1-7-18(15)9-3-4-10-11(8-9)17-6-5-16-10/h3-4,8H,1-2,5-7H2,(H,13,14). The second-order valence-electron chi connectivity index (χ2n) is 3.85. The summed E-state index contributed by atoms with van der Waals surface area (Å²) in [5.74, 6) is 0.735. The molecule has 1 aromatic rings. The van der Waals surface area contributed by atoms with Crippen LogP contribution in [0.2, 0.25) is 0 Å². The molecule has 1 atom stereocenters. The van der Waals surface area contributed by atoms with Crippen LogP contribution in [0.15, 0.2) is 23.1 Å². The van der Waals surface area contributed by atoms with Crippen LogP contribution >= 0.6 is 0 Å². The van der Waals surface area contributed by atoms with Crippen LogP contribution in [-0.2, 0) is 15.6 Å². The molecule has 0 bridgehead atoms. The molecule has 0 saturated carbocycles. The van der Waals surface area contributed by atoms with Crippen molar-refractivity contribution in [3.8, 4) is 11.5 Å². The van der Waals surface area contributed by atoms with Gasteiger partial charge in [0.2, 0.25) is 0 Å².